The lowest BCUT2D eigenvalue weighted by atomic mass is 9.90. The molecular weight excluding hydrogens is 358 g/mol. The SMILES string of the molecule is CC(=O)C(CCNC(CO)C1CCOCC1)c1ccc(Br)cc1. The molecule has 2 unspecified atom stereocenters. The van der Waals surface area contributed by atoms with Crippen molar-refractivity contribution >= 4 is 21.7 Å². The van der Waals surface area contributed by atoms with Crippen molar-refractivity contribution in [1.82, 2.24) is 5.32 Å². The third-order valence-corrected chi connectivity index (χ3v) is 5.16. The largest absolute Gasteiger partial charge is 0.395 e. The van der Waals surface area contributed by atoms with E-state index in [1.165, 1.54) is 0 Å². The summed E-state index contributed by atoms with van der Waals surface area (Å²) < 4.78 is 6.39. The Kier molecular flexibility index (Phi) is 7.70. The Balaban J connectivity index is 1.88. The highest BCUT2D eigenvalue weighted by Crippen LogP contribution is 2.23. The molecule has 2 rings (SSSR count). The second kappa shape index (κ2) is 9.52. The highest BCUT2D eigenvalue weighted by atomic mass is 79.9. The number of carbonyl (C=O) groups is 1. The minimum absolute atomic E-state index is 0.0929. The summed E-state index contributed by atoms with van der Waals surface area (Å²) >= 11 is 3.42. The van der Waals surface area contributed by atoms with E-state index in [1.807, 2.05) is 24.3 Å². The van der Waals surface area contributed by atoms with E-state index in [0.29, 0.717) is 5.92 Å². The molecule has 1 aliphatic rings. The van der Waals surface area contributed by atoms with Gasteiger partial charge in [0.2, 0.25) is 0 Å². The van der Waals surface area contributed by atoms with E-state index in [4.69, 9.17) is 4.74 Å². The lowest BCUT2D eigenvalue weighted by molar-refractivity contribution is -0.118. The Labute approximate surface area is 146 Å². The average molecular weight is 384 g/mol. The molecule has 1 fully saturated rings. The molecule has 0 bridgehead atoms. The predicted molar refractivity (Wildman–Crippen MR) is 94.6 cm³/mol. The molecule has 1 heterocycles. The molecule has 128 valence electrons. The van der Waals surface area contributed by atoms with Crippen LogP contribution < -0.4 is 5.32 Å². The van der Waals surface area contributed by atoms with Crippen LogP contribution in [0.15, 0.2) is 28.7 Å². The normalized spacial score (nSPS) is 18.6. The van der Waals surface area contributed by atoms with Gasteiger partial charge in [-0.3, -0.25) is 4.79 Å². The Morgan fingerprint density at radius 1 is 1.35 bits per heavy atom. The van der Waals surface area contributed by atoms with Gasteiger partial charge in [0.25, 0.3) is 0 Å². The third-order valence-electron chi connectivity index (χ3n) is 4.63. The number of carbonyl (C=O) groups excluding carboxylic acids is 1. The van der Waals surface area contributed by atoms with Crippen LogP contribution in [-0.2, 0) is 9.53 Å². The molecule has 4 nitrogen and oxygen atoms in total. The molecule has 0 radical (unpaired) electrons. The van der Waals surface area contributed by atoms with Gasteiger partial charge in [-0.2, -0.15) is 0 Å². The molecule has 1 aromatic carbocycles. The number of hydrogen-bond donors (Lipinski definition) is 2. The van der Waals surface area contributed by atoms with Gasteiger partial charge in [0, 0.05) is 29.6 Å². The number of hydrogen-bond acceptors (Lipinski definition) is 4. The van der Waals surface area contributed by atoms with Crippen molar-refractivity contribution in [1.29, 1.82) is 0 Å². The van der Waals surface area contributed by atoms with Crippen molar-refractivity contribution in [2.45, 2.75) is 38.1 Å². The molecule has 0 amide bonds. The van der Waals surface area contributed by atoms with Crippen LogP contribution in [0.2, 0.25) is 0 Å². The summed E-state index contributed by atoms with van der Waals surface area (Å²) in [6.45, 7) is 4.06. The van der Waals surface area contributed by atoms with Gasteiger partial charge < -0.3 is 15.2 Å². The van der Waals surface area contributed by atoms with Gasteiger partial charge in [-0.05, 0) is 56.3 Å². The number of benzene rings is 1. The number of Topliss-reactive ketones (excluding diaryl/α,β-unsaturated/α-hetero) is 1. The lowest BCUT2D eigenvalue weighted by Gasteiger charge is -2.30. The van der Waals surface area contributed by atoms with Gasteiger partial charge in [-0.25, -0.2) is 0 Å². The first-order valence-electron chi connectivity index (χ1n) is 8.29. The van der Waals surface area contributed by atoms with Crippen molar-refractivity contribution < 1.29 is 14.6 Å². The smallest absolute Gasteiger partial charge is 0.137 e. The number of rotatable bonds is 8. The maximum Gasteiger partial charge on any atom is 0.137 e. The zero-order chi connectivity index (χ0) is 16.7. The number of aliphatic hydroxyl groups is 1. The van der Waals surface area contributed by atoms with Crippen LogP contribution >= 0.6 is 15.9 Å². The van der Waals surface area contributed by atoms with E-state index in [-0.39, 0.29) is 24.3 Å². The number of aliphatic hydroxyl groups excluding tert-OH is 1. The summed E-state index contributed by atoms with van der Waals surface area (Å²) in [6, 6.07) is 8.03. The fourth-order valence-electron chi connectivity index (χ4n) is 3.21. The Morgan fingerprint density at radius 3 is 2.57 bits per heavy atom. The summed E-state index contributed by atoms with van der Waals surface area (Å²) in [5, 5.41) is 13.1. The monoisotopic (exact) mass is 383 g/mol. The Bertz CT molecular complexity index is 486. The average Bonchev–Trinajstić information content (AvgIpc) is 2.57. The molecule has 0 aliphatic carbocycles. The third kappa shape index (κ3) is 5.68. The second-order valence-corrected chi connectivity index (χ2v) is 7.11. The first kappa shape index (κ1) is 18.6. The number of ketones is 1. The molecule has 5 heteroatoms. The van der Waals surface area contributed by atoms with E-state index >= 15 is 0 Å². The molecule has 23 heavy (non-hydrogen) atoms. The van der Waals surface area contributed by atoms with Crippen LogP contribution in [0.25, 0.3) is 0 Å². The van der Waals surface area contributed by atoms with E-state index < -0.39 is 0 Å². The zero-order valence-corrected chi connectivity index (χ0v) is 15.2. The van der Waals surface area contributed by atoms with Gasteiger partial charge >= 0.3 is 0 Å². The van der Waals surface area contributed by atoms with Crippen LogP contribution in [-0.4, -0.2) is 43.3 Å². The first-order chi connectivity index (χ1) is 11.1. The van der Waals surface area contributed by atoms with E-state index in [9.17, 15) is 9.90 Å². The summed E-state index contributed by atoms with van der Waals surface area (Å²) in [5.41, 5.74) is 1.05. The topological polar surface area (TPSA) is 58.6 Å². The molecule has 2 N–H and O–H groups in total. The van der Waals surface area contributed by atoms with Crippen molar-refractivity contribution in [3.63, 3.8) is 0 Å². The summed E-state index contributed by atoms with van der Waals surface area (Å²) in [6.07, 6.45) is 2.72. The molecule has 0 aromatic heterocycles. The van der Waals surface area contributed by atoms with Gasteiger partial charge in [-0.15, -0.1) is 0 Å². The molecule has 1 aromatic rings. The van der Waals surface area contributed by atoms with E-state index in [0.717, 1.165) is 49.1 Å². The number of halogens is 1. The fourth-order valence-corrected chi connectivity index (χ4v) is 3.48. The van der Waals surface area contributed by atoms with Crippen LogP contribution in [0, 0.1) is 5.92 Å². The molecule has 0 saturated carbocycles. The lowest BCUT2D eigenvalue weighted by Crippen LogP contribution is -2.42. The minimum atomic E-state index is -0.0929. The molecular formula is C18H26BrNO3. The predicted octanol–water partition coefficient (Wildman–Crippen LogP) is 2.89. The summed E-state index contributed by atoms with van der Waals surface area (Å²) in [4.78, 5) is 12.0. The molecule has 1 saturated heterocycles. The maximum atomic E-state index is 12.0. The Hall–Kier alpha value is -0.750. The zero-order valence-electron chi connectivity index (χ0n) is 13.6. The van der Waals surface area contributed by atoms with Crippen molar-refractivity contribution in [3.05, 3.63) is 34.3 Å². The maximum absolute atomic E-state index is 12.0. The first-order valence-corrected chi connectivity index (χ1v) is 9.09. The van der Waals surface area contributed by atoms with Crippen LogP contribution in [0.1, 0.15) is 37.7 Å². The van der Waals surface area contributed by atoms with Crippen LogP contribution in [0.4, 0.5) is 0 Å². The Morgan fingerprint density at radius 2 is 2.00 bits per heavy atom. The van der Waals surface area contributed by atoms with Crippen molar-refractivity contribution in [2.75, 3.05) is 26.4 Å². The summed E-state index contributed by atoms with van der Waals surface area (Å²) in [7, 11) is 0. The summed E-state index contributed by atoms with van der Waals surface area (Å²) in [5.74, 6) is 0.544. The van der Waals surface area contributed by atoms with Gasteiger partial charge in [-0.1, -0.05) is 28.1 Å². The standard InChI is InChI=1S/C18H26BrNO3/c1-13(22)17(14-2-4-16(19)5-3-14)6-9-20-18(12-21)15-7-10-23-11-8-15/h2-5,15,17-18,20-21H,6-12H2,1H3. The number of nitrogens with one attached hydrogen (secondary N) is 1. The van der Waals surface area contributed by atoms with Crippen molar-refractivity contribution in [2.24, 2.45) is 5.92 Å². The van der Waals surface area contributed by atoms with Crippen LogP contribution in [0.3, 0.4) is 0 Å². The number of ether oxygens (including phenoxy) is 1. The highest BCUT2D eigenvalue weighted by molar-refractivity contribution is 9.10. The van der Waals surface area contributed by atoms with Crippen LogP contribution in [0.5, 0.6) is 0 Å². The van der Waals surface area contributed by atoms with E-state index in [1.54, 1.807) is 6.92 Å². The molecule has 1 aliphatic heterocycles. The minimum Gasteiger partial charge on any atom is -0.395 e. The van der Waals surface area contributed by atoms with Crippen molar-refractivity contribution in [3.8, 4) is 0 Å². The van der Waals surface area contributed by atoms with Gasteiger partial charge in [0.15, 0.2) is 0 Å². The quantitative estimate of drug-likeness (QED) is 0.724. The fraction of sp³-hybridized carbons (Fsp3) is 0.611. The highest BCUT2D eigenvalue weighted by Gasteiger charge is 2.24. The molecule has 2 atom stereocenters. The molecule has 0 spiro atoms. The van der Waals surface area contributed by atoms with E-state index in [2.05, 4.69) is 21.2 Å². The van der Waals surface area contributed by atoms with Gasteiger partial charge in [0.05, 0.1) is 6.61 Å². The van der Waals surface area contributed by atoms with Gasteiger partial charge in [0.1, 0.15) is 5.78 Å². The second-order valence-electron chi connectivity index (χ2n) is 6.20.